The first-order valence-corrected chi connectivity index (χ1v) is 4.38. The van der Waals surface area contributed by atoms with E-state index >= 15 is 0 Å². The van der Waals surface area contributed by atoms with E-state index < -0.39 is 0 Å². The predicted octanol–water partition coefficient (Wildman–Crippen LogP) is -0.974. The van der Waals surface area contributed by atoms with Crippen molar-refractivity contribution in [3.8, 4) is 0 Å². The monoisotopic (exact) mass is 171 g/mol. The summed E-state index contributed by atoms with van der Waals surface area (Å²) in [4.78, 5) is 13.4. The van der Waals surface area contributed by atoms with Crippen LogP contribution in [0.3, 0.4) is 0 Å². The third kappa shape index (κ3) is 2.19. The summed E-state index contributed by atoms with van der Waals surface area (Å²) in [5, 5.41) is 5.95. The quantitative estimate of drug-likeness (QED) is 0.533. The number of rotatable bonds is 1. The minimum absolute atomic E-state index is 0.0463. The van der Waals surface area contributed by atoms with Gasteiger partial charge in [0, 0.05) is 20.1 Å². The number of hydrogen-bond donors (Lipinski definition) is 2. The summed E-state index contributed by atoms with van der Waals surface area (Å²) in [5.41, 5.74) is 0. The first kappa shape index (κ1) is 9.48. The van der Waals surface area contributed by atoms with Gasteiger partial charge in [-0.15, -0.1) is 0 Å². The van der Waals surface area contributed by atoms with Crippen LogP contribution in [0, 0.1) is 0 Å². The van der Waals surface area contributed by atoms with Gasteiger partial charge in [-0.3, -0.25) is 9.69 Å². The number of nitrogens with one attached hydrogen (secondary N) is 2. The molecule has 1 rings (SSSR count). The standard InChI is InChI=1S/C8H17N3O/c1-9-8(12)7-3-4-10-5-6-11(7)2/h7,10H,3-6H2,1-2H3,(H,9,12). The fraction of sp³-hybridized carbons (Fsp3) is 0.875. The molecule has 0 radical (unpaired) electrons. The molecule has 1 heterocycles. The molecule has 0 aromatic carbocycles. The maximum absolute atomic E-state index is 11.3. The number of amides is 1. The Balaban J connectivity index is 2.52. The molecule has 1 aliphatic rings. The molecule has 4 nitrogen and oxygen atoms in total. The first-order valence-electron chi connectivity index (χ1n) is 4.38. The van der Waals surface area contributed by atoms with Crippen molar-refractivity contribution in [1.82, 2.24) is 15.5 Å². The Bertz CT molecular complexity index is 160. The summed E-state index contributed by atoms with van der Waals surface area (Å²) in [6.07, 6.45) is 0.899. The summed E-state index contributed by atoms with van der Waals surface area (Å²) in [6.45, 7) is 2.85. The average molecular weight is 171 g/mol. The van der Waals surface area contributed by atoms with Crippen LogP contribution in [-0.4, -0.2) is 50.6 Å². The molecule has 0 bridgehead atoms. The van der Waals surface area contributed by atoms with E-state index in [9.17, 15) is 4.79 Å². The maximum Gasteiger partial charge on any atom is 0.237 e. The zero-order valence-electron chi connectivity index (χ0n) is 7.76. The van der Waals surface area contributed by atoms with Crippen molar-refractivity contribution in [3.05, 3.63) is 0 Å². The van der Waals surface area contributed by atoms with Gasteiger partial charge in [-0.25, -0.2) is 0 Å². The minimum atomic E-state index is 0.0463. The molecule has 1 saturated heterocycles. The van der Waals surface area contributed by atoms with Gasteiger partial charge in [0.2, 0.25) is 5.91 Å². The summed E-state index contributed by atoms with van der Waals surface area (Å²) in [7, 11) is 3.68. The Labute approximate surface area is 73.3 Å². The molecule has 0 aliphatic carbocycles. The highest BCUT2D eigenvalue weighted by Gasteiger charge is 2.22. The normalized spacial score (nSPS) is 26.3. The van der Waals surface area contributed by atoms with Crippen LogP contribution < -0.4 is 10.6 Å². The second-order valence-corrected chi connectivity index (χ2v) is 3.15. The number of hydrogen-bond acceptors (Lipinski definition) is 3. The molecule has 12 heavy (non-hydrogen) atoms. The Morgan fingerprint density at radius 2 is 2.33 bits per heavy atom. The van der Waals surface area contributed by atoms with E-state index in [4.69, 9.17) is 0 Å². The van der Waals surface area contributed by atoms with Gasteiger partial charge < -0.3 is 10.6 Å². The van der Waals surface area contributed by atoms with Crippen molar-refractivity contribution in [1.29, 1.82) is 0 Å². The molecular formula is C8H17N3O. The zero-order chi connectivity index (χ0) is 8.97. The first-order chi connectivity index (χ1) is 5.75. The number of likely N-dealkylation sites (N-methyl/N-ethyl adjacent to an activating group) is 2. The highest BCUT2D eigenvalue weighted by molar-refractivity contribution is 5.81. The molecule has 70 valence electrons. The van der Waals surface area contributed by atoms with Crippen molar-refractivity contribution in [2.75, 3.05) is 33.7 Å². The van der Waals surface area contributed by atoms with Gasteiger partial charge >= 0.3 is 0 Å². The van der Waals surface area contributed by atoms with Crippen LogP contribution in [0.5, 0.6) is 0 Å². The molecule has 0 aromatic heterocycles. The largest absolute Gasteiger partial charge is 0.358 e. The van der Waals surface area contributed by atoms with Gasteiger partial charge in [-0.05, 0) is 20.0 Å². The van der Waals surface area contributed by atoms with Crippen LogP contribution in [-0.2, 0) is 4.79 Å². The second kappa shape index (κ2) is 4.42. The van der Waals surface area contributed by atoms with Crippen LogP contribution in [0.2, 0.25) is 0 Å². The molecular weight excluding hydrogens is 154 g/mol. The van der Waals surface area contributed by atoms with Gasteiger partial charge in [-0.1, -0.05) is 0 Å². The van der Waals surface area contributed by atoms with E-state index in [1.54, 1.807) is 7.05 Å². The van der Waals surface area contributed by atoms with Crippen LogP contribution in [0.1, 0.15) is 6.42 Å². The number of nitrogens with zero attached hydrogens (tertiary/aromatic N) is 1. The lowest BCUT2D eigenvalue weighted by Gasteiger charge is -2.23. The van der Waals surface area contributed by atoms with E-state index in [0.717, 1.165) is 26.1 Å². The fourth-order valence-electron chi connectivity index (χ4n) is 1.49. The summed E-state index contributed by atoms with van der Waals surface area (Å²) in [6, 6.07) is 0.0463. The zero-order valence-corrected chi connectivity index (χ0v) is 7.76. The fourth-order valence-corrected chi connectivity index (χ4v) is 1.49. The Hall–Kier alpha value is -0.610. The number of carbonyl (C=O) groups excluding carboxylic acids is 1. The minimum Gasteiger partial charge on any atom is -0.358 e. The van der Waals surface area contributed by atoms with Crippen molar-refractivity contribution in [2.24, 2.45) is 0 Å². The Morgan fingerprint density at radius 3 is 3.00 bits per heavy atom. The molecule has 1 atom stereocenters. The molecule has 2 N–H and O–H groups in total. The van der Waals surface area contributed by atoms with Crippen LogP contribution >= 0.6 is 0 Å². The summed E-state index contributed by atoms with van der Waals surface area (Å²) < 4.78 is 0. The Kier molecular flexibility index (Phi) is 3.49. The third-order valence-corrected chi connectivity index (χ3v) is 2.32. The highest BCUT2D eigenvalue weighted by Crippen LogP contribution is 2.03. The van der Waals surface area contributed by atoms with Crippen molar-refractivity contribution in [3.63, 3.8) is 0 Å². The lowest BCUT2D eigenvalue weighted by molar-refractivity contribution is -0.125. The summed E-state index contributed by atoms with van der Waals surface area (Å²) >= 11 is 0. The number of carbonyl (C=O) groups is 1. The Morgan fingerprint density at radius 1 is 1.58 bits per heavy atom. The third-order valence-electron chi connectivity index (χ3n) is 2.32. The molecule has 1 amide bonds. The summed E-state index contributed by atoms with van der Waals surface area (Å²) in [5.74, 6) is 0.126. The predicted molar refractivity (Wildman–Crippen MR) is 48.0 cm³/mol. The smallest absolute Gasteiger partial charge is 0.237 e. The van der Waals surface area contributed by atoms with Gasteiger partial charge in [0.25, 0.3) is 0 Å². The van der Waals surface area contributed by atoms with E-state index in [2.05, 4.69) is 15.5 Å². The van der Waals surface area contributed by atoms with E-state index in [1.165, 1.54) is 0 Å². The molecule has 1 unspecified atom stereocenters. The molecule has 1 aliphatic heterocycles. The maximum atomic E-state index is 11.3. The van der Waals surface area contributed by atoms with E-state index in [-0.39, 0.29) is 11.9 Å². The lowest BCUT2D eigenvalue weighted by Crippen LogP contribution is -2.44. The average Bonchev–Trinajstić information content (AvgIpc) is 2.28. The van der Waals surface area contributed by atoms with Gasteiger partial charge in [0.1, 0.15) is 0 Å². The molecule has 0 spiro atoms. The van der Waals surface area contributed by atoms with E-state index in [0.29, 0.717) is 0 Å². The van der Waals surface area contributed by atoms with Crippen molar-refractivity contribution in [2.45, 2.75) is 12.5 Å². The SMILES string of the molecule is CNC(=O)C1CCNCCN1C. The van der Waals surface area contributed by atoms with Gasteiger partial charge in [0.05, 0.1) is 6.04 Å². The molecule has 1 fully saturated rings. The van der Waals surface area contributed by atoms with Crippen molar-refractivity contribution < 1.29 is 4.79 Å². The highest BCUT2D eigenvalue weighted by atomic mass is 16.2. The topological polar surface area (TPSA) is 44.4 Å². The van der Waals surface area contributed by atoms with Crippen LogP contribution in [0.4, 0.5) is 0 Å². The van der Waals surface area contributed by atoms with Gasteiger partial charge in [-0.2, -0.15) is 0 Å². The van der Waals surface area contributed by atoms with E-state index in [1.807, 2.05) is 7.05 Å². The van der Waals surface area contributed by atoms with Crippen LogP contribution in [0.25, 0.3) is 0 Å². The van der Waals surface area contributed by atoms with Crippen LogP contribution in [0.15, 0.2) is 0 Å². The molecule has 4 heteroatoms. The van der Waals surface area contributed by atoms with Gasteiger partial charge in [0.15, 0.2) is 0 Å². The molecule has 0 saturated carbocycles. The van der Waals surface area contributed by atoms with Crippen molar-refractivity contribution >= 4 is 5.91 Å². The lowest BCUT2D eigenvalue weighted by atomic mass is 10.2. The molecule has 0 aromatic rings. The second-order valence-electron chi connectivity index (χ2n) is 3.15.